The summed E-state index contributed by atoms with van der Waals surface area (Å²) in [7, 11) is 0. The lowest BCUT2D eigenvalue weighted by atomic mass is 10.1. The molecule has 0 saturated heterocycles. The second kappa shape index (κ2) is 14.1. The Labute approximate surface area is 225 Å². The first-order valence-corrected chi connectivity index (χ1v) is 12.4. The standard InChI is InChI=1S/C23H25ClN4O2.C4H4O4/c1-17-8-11-25-22(26-17)18-9-14-27(15-10-18)12-4-5-13-28-21(24)16-30-20-7-3-2-6-19(20)23(28)29;5-3(6)1-2-4(7)8/h2-3,6-9,11,16H,4-5,10,12-15H2,1H3;1-2H,(H,5,6)(H,7,8). The molecular weight excluding hydrogens is 512 g/mol. The lowest BCUT2D eigenvalue weighted by molar-refractivity contribution is -0.134. The van der Waals surface area contributed by atoms with Crippen molar-refractivity contribution < 1.29 is 29.3 Å². The quantitative estimate of drug-likeness (QED) is 0.290. The average molecular weight is 541 g/mol. The number of carbonyl (C=O) groups is 3. The van der Waals surface area contributed by atoms with Gasteiger partial charge in [-0.2, -0.15) is 0 Å². The summed E-state index contributed by atoms with van der Waals surface area (Å²) in [5.74, 6) is -1.25. The topological polar surface area (TPSA) is 133 Å². The first-order valence-electron chi connectivity index (χ1n) is 12.0. The Bertz CT molecular complexity index is 1240. The Morgan fingerprint density at radius 1 is 1.11 bits per heavy atom. The second-order valence-electron chi connectivity index (χ2n) is 8.53. The Hall–Kier alpha value is -4.02. The number of amides is 1. The van der Waals surface area contributed by atoms with E-state index in [1.807, 2.05) is 31.3 Å². The fourth-order valence-corrected chi connectivity index (χ4v) is 4.05. The minimum Gasteiger partial charge on any atom is -0.478 e. The molecule has 0 aliphatic carbocycles. The number of rotatable bonds is 8. The molecule has 0 radical (unpaired) electrons. The largest absolute Gasteiger partial charge is 0.478 e. The summed E-state index contributed by atoms with van der Waals surface area (Å²) in [4.78, 5) is 44.9. The van der Waals surface area contributed by atoms with Crippen molar-refractivity contribution in [3.63, 3.8) is 0 Å². The van der Waals surface area contributed by atoms with Crippen molar-refractivity contribution in [2.45, 2.75) is 26.2 Å². The number of aliphatic carboxylic acids is 2. The summed E-state index contributed by atoms with van der Waals surface area (Å²) in [6.07, 6.45) is 9.41. The predicted molar refractivity (Wildman–Crippen MR) is 141 cm³/mol. The van der Waals surface area contributed by atoms with E-state index < -0.39 is 11.9 Å². The highest BCUT2D eigenvalue weighted by atomic mass is 35.5. The van der Waals surface area contributed by atoms with E-state index in [9.17, 15) is 14.4 Å². The van der Waals surface area contributed by atoms with Crippen molar-refractivity contribution >= 4 is 35.0 Å². The molecule has 1 amide bonds. The maximum Gasteiger partial charge on any atom is 0.328 e. The van der Waals surface area contributed by atoms with Gasteiger partial charge in [-0.15, -0.1) is 0 Å². The van der Waals surface area contributed by atoms with Crippen molar-refractivity contribution in [1.82, 2.24) is 19.8 Å². The Morgan fingerprint density at radius 2 is 1.82 bits per heavy atom. The predicted octanol–water partition coefficient (Wildman–Crippen LogP) is 3.94. The zero-order chi connectivity index (χ0) is 27.5. The fraction of sp³-hybridized carbons (Fsp3) is 0.296. The fourth-order valence-electron chi connectivity index (χ4n) is 3.84. The molecule has 0 spiro atoms. The second-order valence-corrected chi connectivity index (χ2v) is 8.92. The van der Waals surface area contributed by atoms with Crippen molar-refractivity contribution in [3.8, 4) is 5.75 Å². The number of carboxylic acid groups (broad SMARTS) is 2. The van der Waals surface area contributed by atoms with Crippen molar-refractivity contribution in [2.75, 3.05) is 26.2 Å². The number of ether oxygens (including phenoxy) is 1. The van der Waals surface area contributed by atoms with Crippen molar-refractivity contribution in [3.05, 3.63) is 83.3 Å². The van der Waals surface area contributed by atoms with Crippen LogP contribution in [0.4, 0.5) is 0 Å². The van der Waals surface area contributed by atoms with Crippen LogP contribution in [0.15, 0.2) is 66.2 Å². The molecule has 0 fully saturated rings. The van der Waals surface area contributed by atoms with E-state index in [4.69, 9.17) is 26.6 Å². The number of aryl methyl sites for hydroxylation is 1. The number of unbranched alkanes of at least 4 members (excludes halogenated alkanes) is 1. The first kappa shape index (κ1) is 28.5. The molecule has 10 nitrogen and oxygen atoms in total. The van der Waals surface area contributed by atoms with Gasteiger partial charge in [-0.1, -0.05) is 29.8 Å². The zero-order valence-corrected chi connectivity index (χ0v) is 21.7. The van der Waals surface area contributed by atoms with Gasteiger partial charge in [0.15, 0.2) is 5.82 Å². The number of hydrogen-bond acceptors (Lipinski definition) is 7. The average Bonchev–Trinajstić information content (AvgIpc) is 3.02. The van der Waals surface area contributed by atoms with Crippen LogP contribution in [0.2, 0.25) is 0 Å². The first-order chi connectivity index (χ1) is 18.2. The van der Waals surface area contributed by atoms with Gasteiger partial charge >= 0.3 is 11.9 Å². The number of aromatic nitrogens is 2. The molecule has 0 bridgehead atoms. The Balaban J connectivity index is 0.000000436. The molecule has 2 N–H and O–H groups in total. The monoisotopic (exact) mass is 540 g/mol. The van der Waals surface area contributed by atoms with E-state index in [0.717, 1.165) is 50.4 Å². The van der Waals surface area contributed by atoms with Gasteiger partial charge in [-0.25, -0.2) is 19.6 Å². The molecule has 0 saturated carbocycles. The summed E-state index contributed by atoms with van der Waals surface area (Å²) in [5.41, 5.74) is 2.75. The highest BCUT2D eigenvalue weighted by molar-refractivity contribution is 6.30. The molecule has 11 heteroatoms. The van der Waals surface area contributed by atoms with Crippen LogP contribution < -0.4 is 4.74 Å². The van der Waals surface area contributed by atoms with Crippen LogP contribution in [0.25, 0.3) is 5.57 Å². The van der Waals surface area contributed by atoms with Crippen LogP contribution in [0.5, 0.6) is 5.75 Å². The highest BCUT2D eigenvalue weighted by Crippen LogP contribution is 2.27. The zero-order valence-electron chi connectivity index (χ0n) is 20.9. The van der Waals surface area contributed by atoms with E-state index in [2.05, 4.69) is 20.9 Å². The summed E-state index contributed by atoms with van der Waals surface area (Å²) in [5, 5.41) is 15.9. The minimum atomic E-state index is -1.26. The highest BCUT2D eigenvalue weighted by Gasteiger charge is 2.25. The lowest BCUT2D eigenvalue weighted by Crippen LogP contribution is -2.32. The smallest absolute Gasteiger partial charge is 0.328 e. The van der Waals surface area contributed by atoms with Gasteiger partial charge in [0.1, 0.15) is 17.2 Å². The van der Waals surface area contributed by atoms with E-state index >= 15 is 0 Å². The summed E-state index contributed by atoms with van der Waals surface area (Å²) < 4.78 is 5.54. The third-order valence-electron chi connectivity index (χ3n) is 5.75. The number of para-hydroxylation sites is 1. The van der Waals surface area contributed by atoms with Crippen LogP contribution in [-0.2, 0) is 9.59 Å². The third kappa shape index (κ3) is 8.53. The summed E-state index contributed by atoms with van der Waals surface area (Å²) >= 11 is 6.30. The molecule has 4 rings (SSSR count). The van der Waals surface area contributed by atoms with Gasteiger partial charge in [-0.3, -0.25) is 14.6 Å². The number of fused-ring (bicyclic) bond motifs is 1. The number of carboxylic acids is 2. The molecule has 2 aromatic rings. The Kier molecular flexibility index (Phi) is 10.6. The van der Waals surface area contributed by atoms with E-state index in [-0.39, 0.29) is 5.91 Å². The van der Waals surface area contributed by atoms with Gasteiger partial charge < -0.3 is 14.9 Å². The summed E-state index contributed by atoms with van der Waals surface area (Å²) in [6.45, 7) is 5.43. The van der Waals surface area contributed by atoms with Crippen LogP contribution in [0.3, 0.4) is 0 Å². The molecule has 1 aromatic carbocycles. The molecule has 2 aliphatic rings. The molecule has 1 aromatic heterocycles. The number of benzene rings is 1. The van der Waals surface area contributed by atoms with Crippen LogP contribution in [0, 0.1) is 6.92 Å². The SMILES string of the molecule is Cc1ccnc(C2=CCN(CCCCN3C(=O)c4ccccc4OC=C3Cl)CC2)n1.O=C(O)C=CC(=O)O. The molecule has 0 atom stereocenters. The normalized spacial score (nSPS) is 15.4. The van der Waals surface area contributed by atoms with E-state index in [1.54, 1.807) is 17.0 Å². The minimum absolute atomic E-state index is 0.118. The van der Waals surface area contributed by atoms with Crippen LogP contribution >= 0.6 is 11.6 Å². The molecule has 3 heterocycles. The van der Waals surface area contributed by atoms with E-state index in [1.165, 1.54) is 11.8 Å². The molecule has 38 heavy (non-hydrogen) atoms. The number of carbonyl (C=O) groups excluding carboxylic acids is 1. The van der Waals surface area contributed by atoms with Gasteiger partial charge in [0, 0.05) is 43.7 Å². The molecule has 2 aliphatic heterocycles. The number of hydrogen-bond donors (Lipinski definition) is 2. The van der Waals surface area contributed by atoms with Crippen molar-refractivity contribution in [2.24, 2.45) is 0 Å². The maximum absolute atomic E-state index is 12.8. The lowest BCUT2D eigenvalue weighted by Gasteiger charge is -2.26. The van der Waals surface area contributed by atoms with Crippen LogP contribution in [0.1, 0.15) is 41.1 Å². The third-order valence-corrected chi connectivity index (χ3v) is 6.05. The van der Waals surface area contributed by atoms with Crippen molar-refractivity contribution in [1.29, 1.82) is 0 Å². The Morgan fingerprint density at radius 3 is 2.47 bits per heavy atom. The van der Waals surface area contributed by atoms with E-state index in [0.29, 0.717) is 35.2 Å². The molecule has 200 valence electrons. The molecule has 0 unspecified atom stereocenters. The van der Waals surface area contributed by atoms with Gasteiger partial charge in [0.2, 0.25) is 0 Å². The number of halogens is 1. The van der Waals surface area contributed by atoms with Crippen LogP contribution in [-0.4, -0.2) is 74.0 Å². The maximum atomic E-state index is 12.8. The van der Waals surface area contributed by atoms with Gasteiger partial charge in [-0.05, 0) is 56.5 Å². The number of nitrogens with zero attached hydrogens (tertiary/aromatic N) is 4. The molecular formula is C27H29ClN4O6. The summed E-state index contributed by atoms with van der Waals surface area (Å²) in [6, 6.07) is 9.13. The van der Waals surface area contributed by atoms with Gasteiger partial charge in [0.05, 0.1) is 5.56 Å². The van der Waals surface area contributed by atoms with Gasteiger partial charge in [0.25, 0.3) is 5.91 Å².